The van der Waals surface area contributed by atoms with E-state index in [1.165, 1.54) is 18.4 Å². The second-order valence-corrected chi connectivity index (χ2v) is 6.08. The summed E-state index contributed by atoms with van der Waals surface area (Å²) in [6.07, 6.45) is 5.20. The Morgan fingerprint density at radius 2 is 2.00 bits per heavy atom. The molecule has 0 aliphatic carbocycles. The fourth-order valence-corrected chi connectivity index (χ4v) is 3.73. The predicted octanol–water partition coefficient (Wildman–Crippen LogP) is 3.47. The summed E-state index contributed by atoms with van der Waals surface area (Å²) < 4.78 is 5.24. The number of aliphatic hydroxyl groups is 1. The molecular weight excluding hydrogens is 262 g/mol. The zero-order valence-electron chi connectivity index (χ0n) is 13.6. The number of rotatable bonds is 6. The molecule has 0 saturated carbocycles. The molecule has 3 nitrogen and oxygen atoms in total. The van der Waals surface area contributed by atoms with Gasteiger partial charge in [-0.15, -0.1) is 0 Å². The highest BCUT2D eigenvalue weighted by molar-refractivity contribution is 5.31. The lowest BCUT2D eigenvalue weighted by molar-refractivity contribution is -0.0363. The zero-order chi connectivity index (χ0) is 15.3. The number of nitrogens with one attached hydrogen (secondary N) is 1. The number of hydrogen-bond acceptors (Lipinski definition) is 3. The van der Waals surface area contributed by atoms with Crippen molar-refractivity contribution in [2.24, 2.45) is 0 Å². The molecule has 0 spiro atoms. The first-order valence-corrected chi connectivity index (χ1v) is 8.25. The molecule has 0 radical (unpaired) electrons. The van der Waals surface area contributed by atoms with Crippen molar-refractivity contribution in [3.8, 4) is 5.75 Å². The smallest absolute Gasteiger partial charge is 0.118 e. The van der Waals surface area contributed by atoms with Crippen molar-refractivity contribution in [1.29, 1.82) is 0 Å². The van der Waals surface area contributed by atoms with Crippen molar-refractivity contribution in [3.63, 3.8) is 0 Å². The van der Waals surface area contributed by atoms with E-state index in [0.717, 1.165) is 31.6 Å². The van der Waals surface area contributed by atoms with Crippen LogP contribution in [0.3, 0.4) is 0 Å². The SMILES string of the molecule is CC[C@H](c1ccc(OC)cc1)[C@](O)(CC)[C@@H]1CCCCN1. The molecule has 3 heteroatoms. The van der Waals surface area contributed by atoms with Crippen LogP contribution in [0.2, 0.25) is 0 Å². The van der Waals surface area contributed by atoms with Crippen molar-refractivity contribution in [2.75, 3.05) is 13.7 Å². The Bertz CT molecular complexity index is 425. The summed E-state index contributed by atoms with van der Waals surface area (Å²) in [5, 5.41) is 14.9. The highest BCUT2D eigenvalue weighted by atomic mass is 16.5. The van der Waals surface area contributed by atoms with Crippen LogP contribution in [0.1, 0.15) is 57.4 Å². The first-order chi connectivity index (χ1) is 10.2. The largest absolute Gasteiger partial charge is 0.497 e. The molecule has 1 saturated heterocycles. The van der Waals surface area contributed by atoms with Gasteiger partial charge in [0.05, 0.1) is 12.7 Å². The molecule has 0 aromatic heterocycles. The van der Waals surface area contributed by atoms with Crippen molar-refractivity contribution in [2.45, 2.75) is 63.5 Å². The highest BCUT2D eigenvalue weighted by Gasteiger charge is 2.42. The fraction of sp³-hybridized carbons (Fsp3) is 0.667. The monoisotopic (exact) mass is 291 g/mol. The fourth-order valence-electron chi connectivity index (χ4n) is 3.73. The van der Waals surface area contributed by atoms with Gasteiger partial charge >= 0.3 is 0 Å². The van der Waals surface area contributed by atoms with Gasteiger partial charge < -0.3 is 15.2 Å². The van der Waals surface area contributed by atoms with Gasteiger partial charge in [0.1, 0.15) is 5.75 Å². The van der Waals surface area contributed by atoms with E-state index in [4.69, 9.17) is 4.74 Å². The minimum atomic E-state index is -0.677. The Kier molecular flexibility index (Phi) is 5.65. The first kappa shape index (κ1) is 16.3. The minimum Gasteiger partial charge on any atom is -0.497 e. The third kappa shape index (κ3) is 3.41. The van der Waals surface area contributed by atoms with Crippen molar-refractivity contribution >= 4 is 0 Å². The lowest BCUT2D eigenvalue weighted by Gasteiger charge is -2.44. The van der Waals surface area contributed by atoms with Gasteiger partial charge in [0, 0.05) is 12.0 Å². The number of methoxy groups -OCH3 is 1. The summed E-state index contributed by atoms with van der Waals surface area (Å²) in [4.78, 5) is 0. The highest BCUT2D eigenvalue weighted by Crippen LogP contribution is 2.39. The Morgan fingerprint density at radius 1 is 1.29 bits per heavy atom. The normalized spacial score (nSPS) is 23.3. The Hall–Kier alpha value is -1.06. The summed E-state index contributed by atoms with van der Waals surface area (Å²) >= 11 is 0. The van der Waals surface area contributed by atoms with E-state index >= 15 is 0 Å². The van der Waals surface area contributed by atoms with Gasteiger partial charge in [-0.05, 0) is 49.9 Å². The molecule has 0 unspecified atom stereocenters. The van der Waals surface area contributed by atoms with E-state index < -0.39 is 5.60 Å². The molecule has 0 bridgehead atoms. The summed E-state index contributed by atoms with van der Waals surface area (Å²) in [6.45, 7) is 5.28. The van der Waals surface area contributed by atoms with Crippen LogP contribution in [0.5, 0.6) is 5.75 Å². The van der Waals surface area contributed by atoms with Crippen LogP contribution < -0.4 is 10.1 Å². The molecule has 1 aliphatic rings. The van der Waals surface area contributed by atoms with Crippen molar-refractivity contribution < 1.29 is 9.84 Å². The molecular formula is C18H29NO2. The molecule has 3 atom stereocenters. The predicted molar refractivity (Wildman–Crippen MR) is 86.9 cm³/mol. The van der Waals surface area contributed by atoms with Crippen LogP contribution in [0.25, 0.3) is 0 Å². The van der Waals surface area contributed by atoms with E-state index in [1.807, 2.05) is 12.1 Å². The maximum Gasteiger partial charge on any atom is 0.118 e. The number of benzene rings is 1. The second kappa shape index (κ2) is 7.28. The van der Waals surface area contributed by atoms with Crippen LogP contribution in [-0.4, -0.2) is 30.4 Å². The second-order valence-electron chi connectivity index (χ2n) is 6.08. The topological polar surface area (TPSA) is 41.5 Å². The van der Waals surface area contributed by atoms with E-state index in [9.17, 15) is 5.11 Å². The van der Waals surface area contributed by atoms with Crippen LogP contribution in [0.4, 0.5) is 0 Å². The van der Waals surface area contributed by atoms with Gasteiger partial charge in [-0.1, -0.05) is 32.4 Å². The van der Waals surface area contributed by atoms with E-state index in [0.29, 0.717) is 0 Å². The molecule has 21 heavy (non-hydrogen) atoms. The van der Waals surface area contributed by atoms with E-state index in [2.05, 4.69) is 31.3 Å². The van der Waals surface area contributed by atoms with Crippen LogP contribution in [0, 0.1) is 0 Å². The van der Waals surface area contributed by atoms with Crippen LogP contribution in [-0.2, 0) is 0 Å². The molecule has 1 aromatic carbocycles. The molecule has 118 valence electrons. The molecule has 2 rings (SSSR count). The van der Waals surface area contributed by atoms with E-state index in [-0.39, 0.29) is 12.0 Å². The lowest BCUT2D eigenvalue weighted by Crippen LogP contribution is -2.55. The van der Waals surface area contributed by atoms with Crippen LogP contribution in [0.15, 0.2) is 24.3 Å². The average molecular weight is 291 g/mol. The van der Waals surface area contributed by atoms with E-state index in [1.54, 1.807) is 7.11 Å². The van der Waals surface area contributed by atoms with Gasteiger partial charge in [0.25, 0.3) is 0 Å². The molecule has 1 aliphatic heterocycles. The number of ether oxygens (including phenoxy) is 1. The maximum atomic E-state index is 11.4. The quantitative estimate of drug-likeness (QED) is 0.843. The summed E-state index contributed by atoms with van der Waals surface area (Å²) in [5.74, 6) is 1.02. The number of piperidine rings is 1. The molecule has 0 amide bonds. The molecule has 1 aromatic rings. The number of hydrogen-bond donors (Lipinski definition) is 2. The Morgan fingerprint density at radius 3 is 2.48 bits per heavy atom. The summed E-state index contributed by atoms with van der Waals surface area (Å²) in [7, 11) is 1.68. The lowest BCUT2D eigenvalue weighted by atomic mass is 9.72. The Balaban J connectivity index is 2.26. The summed E-state index contributed by atoms with van der Waals surface area (Å²) in [6, 6.07) is 8.36. The van der Waals surface area contributed by atoms with Gasteiger partial charge in [-0.3, -0.25) is 0 Å². The molecule has 1 heterocycles. The maximum absolute atomic E-state index is 11.4. The van der Waals surface area contributed by atoms with Gasteiger partial charge in [0.15, 0.2) is 0 Å². The van der Waals surface area contributed by atoms with Crippen molar-refractivity contribution in [1.82, 2.24) is 5.32 Å². The van der Waals surface area contributed by atoms with Crippen molar-refractivity contribution in [3.05, 3.63) is 29.8 Å². The average Bonchev–Trinajstić information content (AvgIpc) is 2.56. The third-order valence-electron chi connectivity index (χ3n) is 5.01. The third-order valence-corrected chi connectivity index (χ3v) is 5.01. The van der Waals surface area contributed by atoms with Crippen LogP contribution >= 0.6 is 0 Å². The summed E-state index contributed by atoms with van der Waals surface area (Å²) in [5.41, 5.74) is 0.527. The first-order valence-electron chi connectivity index (χ1n) is 8.25. The zero-order valence-corrected chi connectivity index (χ0v) is 13.6. The van der Waals surface area contributed by atoms with Gasteiger partial charge in [-0.2, -0.15) is 0 Å². The van der Waals surface area contributed by atoms with Gasteiger partial charge in [0.2, 0.25) is 0 Å². The molecule has 2 N–H and O–H groups in total. The standard InChI is InChI=1S/C18H29NO2/c1-4-16(14-9-11-15(21-3)12-10-14)18(20,5-2)17-8-6-7-13-19-17/h9-12,16-17,19-20H,4-8,13H2,1-3H3/t16-,17+,18-/m1/s1. The van der Waals surface area contributed by atoms with Gasteiger partial charge in [-0.25, -0.2) is 0 Å². The Labute approximate surface area is 128 Å². The molecule has 1 fully saturated rings. The minimum absolute atomic E-state index is 0.156.